The lowest BCUT2D eigenvalue weighted by atomic mass is 9.98. The van der Waals surface area contributed by atoms with Gasteiger partial charge in [-0.05, 0) is 43.9 Å². The second kappa shape index (κ2) is 4.06. The van der Waals surface area contributed by atoms with E-state index in [9.17, 15) is 0 Å². The zero-order valence-electron chi connectivity index (χ0n) is 10.7. The SMILES string of the molecule is CCC1=Cc2ccccc2C1NC(C)(C)C. The molecule has 1 atom stereocenters. The minimum atomic E-state index is 0.149. The smallest absolute Gasteiger partial charge is 0.0549 e. The maximum Gasteiger partial charge on any atom is 0.0549 e. The van der Waals surface area contributed by atoms with E-state index in [0.29, 0.717) is 6.04 Å². The molecular formula is C15H21N. The predicted octanol–water partition coefficient (Wildman–Crippen LogP) is 3.92. The van der Waals surface area contributed by atoms with Crippen LogP contribution in [0.1, 0.15) is 51.3 Å². The van der Waals surface area contributed by atoms with E-state index in [-0.39, 0.29) is 5.54 Å². The van der Waals surface area contributed by atoms with Crippen LogP contribution >= 0.6 is 0 Å². The molecule has 1 N–H and O–H groups in total. The third-order valence-corrected chi connectivity index (χ3v) is 3.00. The van der Waals surface area contributed by atoms with Crippen molar-refractivity contribution in [2.24, 2.45) is 0 Å². The van der Waals surface area contributed by atoms with E-state index in [2.05, 4.69) is 63.4 Å². The van der Waals surface area contributed by atoms with Gasteiger partial charge in [0.2, 0.25) is 0 Å². The van der Waals surface area contributed by atoms with E-state index in [1.807, 2.05) is 0 Å². The van der Waals surface area contributed by atoms with Crippen LogP contribution in [-0.2, 0) is 0 Å². The molecule has 0 bridgehead atoms. The Labute approximate surface area is 98.6 Å². The molecule has 1 aliphatic rings. The Balaban J connectivity index is 2.33. The molecule has 0 heterocycles. The molecule has 86 valence electrons. The fourth-order valence-corrected chi connectivity index (χ4v) is 2.30. The summed E-state index contributed by atoms with van der Waals surface area (Å²) in [6.45, 7) is 8.90. The molecule has 1 nitrogen and oxygen atoms in total. The molecule has 0 fully saturated rings. The topological polar surface area (TPSA) is 12.0 Å². The Morgan fingerprint density at radius 3 is 2.50 bits per heavy atom. The molecule has 1 aromatic carbocycles. The molecule has 0 aliphatic heterocycles. The summed E-state index contributed by atoms with van der Waals surface area (Å²) in [5.74, 6) is 0. The minimum absolute atomic E-state index is 0.149. The molecule has 0 spiro atoms. The van der Waals surface area contributed by atoms with Crippen LogP contribution in [0.15, 0.2) is 29.8 Å². The van der Waals surface area contributed by atoms with Crippen LogP contribution in [-0.4, -0.2) is 5.54 Å². The van der Waals surface area contributed by atoms with Gasteiger partial charge in [0, 0.05) is 5.54 Å². The summed E-state index contributed by atoms with van der Waals surface area (Å²) in [6, 6.07) is 9.08. The maximum atomic E-state index is 3.71. The molecule has 0 radical (unpaired) electrons. The number of benzene rings is 1. The van der Waals surface area contributed by atoms with E-state index in [1.165, 1.54) is 16.7 Å². The summed E-state index contributed by atoms with van der Waals surface area (Å²) in [6.07, 6.45) is 3.45. The molecule has 1 unspecified atom stereocenters. The largest absolute Gasteiger partial charge is 0.302 e. The molecular weight excluding hydrogens is 194 g/mol. The molecule has 2 rings (SSSR count). The van der Waals surface area contributed by atoms with E-state index >= 15 is 0 Å². The van der Waals surface area contributed by atoms with Crippen LogP contribution in [0.5, 0.6) is 0 Å². The first-order chi connectivity index (χ1) is 7.51. The van der Waals surface area contributed by atoms with Crippen molar-refractivity contribution >= 4 is 6.08 Å². The van der Waals surface area contributed by atoms with Gasteiger partial charge in [0.1, 0.15) is 0 Å². The number of fused-ring (bicyclic) bond motifs is 1. The summed E-state index contributed by atoms with van der Waals surface area (Å²) < 4.78 is 0. The second-order valence-corrected chi connectivity index (χ2v) is 5.53. The monoisotopic (exact) mass is 215 g/mol. The van der Waals surface area contributed by atoms with Crippen LogP contribution in [0.3, 0.4) is 0 Å². The Hall–Kier alpha value is -1.08. The van der Waals surface area contributed by atoms with Crippen molar-refractivity contribution in [1.82, 2.24) is 5.32 Å². The standard InChI is InChI=1S/C15H21N/c1-5-11-10-12-8-6-7-9-13(12)14(11)16-15(2,3)4/h6-10,14,16H,5H2,1-4H3. The number of nitrogens with one attached hydrogen (secondary N) is 1. The van der Waals surface area contributed by atoms with Crippen LogP contribution in [0.4, 0.5) is 0 Å². The van der Waals surface area contributed by atoms with Crippen molar-refractivity contribution in [2.75, 3.05) is 0 Å². The average molecular weight is 215 g/mol. The Bertz CT molecular complexity index is 410. The Morgan fingerprint density at radius 2 is 1.88 bits per heavy atom. The van der Waals surface area contributed by atoms with E-state index in [0.717, 1.165) is 6.42 Å². The second-order valence-electron chi connectivity index (χ2n) is 5.53. The van der Waals surface area contributed by atoms with Crippen molar-refractivity contribution in [3.63, 3.8) is 0 Å². The maximum absolute atomic E-state index is 3.71. The fraction of sp³-hybridized carbons (Fsp3) is 0.467. The third kappa shape index (κ3) is 2.19. The summed E-state index contributed by atoms with van der Waals surface area (Å²) in [5, 5.41) is 3.71. The van der Waals surface area contributed by atoms with Gasteiger partial charge >= 0.3 is 0 Å². The van der Waals surface area contributed by atoms with Crippen molar-refractivity contribution < 1.29 is 0 Å². The summed E-state index contributed by atoms with van der Waals surface area (Å²) >= 11 is 0. The van der Waals surface area contributed by atoms with Crippen molar-refractivity contribution in [2.45, 2.75) is 45.7 Å². The van der Waals surface area contributed by atoms with Crippen LogP contribution in [0.2, 0.25) is 0 Å². The molecule has 0 aromatic heterocycles. The zero-order chi connectivity index (χ0) is 11.8. The lowest BCUT2D eigenvalue weighted by molar-refractivity contribution is 0.388. The fourth-order valence-electron chi connectivity index (χ4n) is 2.30. The Kier molecular flexibility index (Phi) is 2.90. The number of hydrogen-bond acceptors (Lipinski definition) is 1. The first-order valence-electron chi connectivity index (χ1n) is 6.08. The van der Waals surface area contributed by atoms with Gasteiger partial charge in [-0.25, -0.2) is 0 Å². The lowest BCUT2D eigenvalue weighted by Crippen LogP contribution is -2.38. The van der Waals surface area contributed by atoms with Gasteiger partial charge in [0.05, 0.1) is 6.04 Å². The quantitative estimate of drug-likeness (QED) is 0.788. The molecule has 0 saturated carbocycles. The van der Waals surface area contributed by atoms with Crippen LogP contribution < -0.4 is 5.32 Å². The van der Waals surface area contributed by atoms with Gasteiger partial charge in [-0.1, -0.05) is 37.3 Å². The van der Waals surface area contributed by atoms with Gasteiger partial charge in [0.25, 0.3) is 0 Å². The molecule has 0 amide bonds. The first kappa shape index (κ1) is 11.4. The lowest BCUT2D eigenvalue weighted by Gasteiger charge is -2.28. The van der Waals surface area contributed by atoms with Gasteiger partial charge in [-0.2, -0.15) is 0 Å². The zero-order valence-corrected chi connectivity index (χ0v) is 10.7. The van der Waals surface area contributed by atoms with E-state index in [4.69, 9.17) is 0 Å². The van der Waals surface area contributed by atoms with Crippen molar-refractivity contribution in [3.8, 4) is 0 Å². The van der Waals surface area contributed by atoms with Gasteiger partial charge < -0.3 is 5.32 Å². The van der Waals surface area contributed by atoms with Gasteiger partial charge in [0.15, 0.2) is 0 Å². The average Bonchev–Trinajstić information content (AvgIpc) is 2.55. The highest BCUT2D eigenvalue weighted by Crippen LogP contribution is 2.36. The molecule has 1 aliphatic carbocycles. The first-order valence-corrected chi connectivity index (χ1v) is 6.08. The van der Waals surface area contributed by atoms with Crippen LogP contribution in [0.25, 0.3) is 6.08 Å². The summed E-state index contributed by atoms with van der Waals surface area (Å²) in [5.41, 5.74) is 4.45. The minimum Gasteiger partial charge on any atom is -0.302 e. The summed E-state index contributed by atoms with van der Waals surface area (Å²) in [4.78, 5) is 0. The highest BCUT2D eigenvalue weighted by Gasteiger charge is 2.26. The van der Waals surface area contributed by atoms with E-state index < -0.39 is 0 Å². The number of rotatable bonds is 2. The molecule has 16 heavy (non-hydrogen) atoms. The van der Waals surface area contributed by atoms with Gasteiger partial charge in [-0.3, -0.25) is 0 Å². The molecule has 1 heteroatoms. The predicted molar refractivity (Wildman–Crippen MR) is 70.3 cm³/mol. The van der Waals surface area contributed by atoms with Gasteiger partial charge in [-0.15, -0.1) is 0 Å². The van der Waals surface area contributed by atoms with E-state index in [1.54, 1.807) is 0 Å². The molecule has 0 saturated heterocycles. The third-order valence-electron chi connectivity index (χ3n) is 3.00. The normalized spacial score (nSPS) is 19.5. The summed E-state index contributed by atoms with van der Waals surface area (Å²) in [7, 11) is 0. The number of hydrogen-bond donors (Lipinski definition) is 1. The molecule has 1 aromatic rings. The van der Waals surface area contributed by atoms with Crippen molar-refractivity contribution in [1.29, 1.82) is 0 Å². The van der Waals surface area contributed by atoms with Crippen molar-refractivity contribution in [3.05, 3.63) is 41.0 Å². The highest BCUT2D eigenvalue weighted by atomic mass is 15.0. The van der Waals surface area contributed by atoms with Crippen LogP contribution in [0, 0.1) is 0 Å². The highest BCUT2D eigenvalue weighted by molar-refractivity contribution is 5.66. The Morgan fingerprint density at radius 1 is 1.19 bits per heavy atom.